The molecule has 0 aliphatic carbocycles. The lowest BCUT2D eigenvalue weighted by atomic mass is 10.0. The largest absolute Gasteiger partial charge is 0.505 e. The van der Waals surface area contributed by atoms with Crippen LogP contribution < -0.4 is 5.32 Å². The van der Waals surface area contributed by atoms with E-state index in [1.807, 2.05) is 0 Å². The number of aromatic nitrogens is 2. The molecule has 5 aromatic carbocycles. The Kier molecular flexibility index (Phi) is 10.8. The molecule has 0 aliphatic rings. The van der Waals surface area contributed by atoms with Crippen molar-refractivity contribution in [2.45, 2.75) is 26.0 Å². The molecule has 0 saturated carbocycles. The molecule has 0 spiro atoms. The summed E-state index contributed by atoms with van der Waals surface area (Å²) >= 11 is 5.85. The van der Waals surface area contributed by atoms with Gasteiger partial charge in [0, 0.05) is 28.1 Å². The van der Waals surface area contributed by atoms with Crippen LogP contribution in [0.4, 0.5) is 25.8 Å². The summed E-state index contributed by atoms with van der Waals surface area (Å²) in [4.78, 5) is 15.8. The minimum Gasteiger partial charge on any atom is -0.505 e. The molecule has 302 valence electrons. The minimum absolute atomic E-state index is 0.200. The maximum absolute atomic E-state index is 13.9. The summed E-state index contributed by atoms with van der Waals surface area (Å²) < 4.78 is 166. The Bertz CT molecular complexity index is 3260. The topological polar surface area (TPSA) is 317 Å². The van der Waals surface area contributed by atoms with Crippen molar-refractivity contribution in [2.75, 3.05) is 5.32 Å². The average molecular weight is 900 g/mol. The van der Waals surface area contributed by atoms with Gasteiger partial charge in [-0.1, -0.05) is 41.9 Å². The number of carbonyl (C=O) groups is 1. The van der Waals surface area contributed by atoms with Gasteiger partial charge in [-0.2, -0.15) is 47.4 Å². The average Bonchev–Trinajstić information content (AvgIpc) is 3.10. The predicted molar refractivity (Wildman–Crippen MR) is 197 cm³/mol. The first-order valence-electron chi connectivity index (χ1n) is 15.3. The summed E-state index contributed by atoms with van der Waals surface area (Å²) in [5, 5.41) is 18.3. The summed E-state index contributed by atoms with van der Waals surface area (Å²) in [6.07, 6.45) is -1.74. The Morgan fingerprint density at radius 2 is 1.41 bits per heavy atom. The molecule has 19 nitrogen and oxygen atoms in total. The molecular formula is C32H20ClF2N5O14S4. The molecular weight excluding hydrogens is 880 g/mol. The quantitative estimate of drug-likeness (QED) is 0.0418. The lowest BCUT2D eigenvalue weighted by Crippen LogP contribution is -2.13. The first-order chi connectivity index (χ1) is 26.8. The molecule has 0 fully saturated rings. The van der Waals surface area contributed by atoms with Crippen LogP contribution in [-0.4, -0.2) is 72.9 Å². The summed E-state index contributed by atoms with van der Waals surface area (Å²) in [5.41, 5.74) is -2.85. The van der Waals surface area contributed by atoms with Crippen molar-refractivity contribution in [3.63, 3.8) is 0 Å². The molecule has 0 atom stereocenters. The third-order valence-corrected chi connectivity index (χ3v) is 12.0. The van der Waals surface area contributed by atoms with Crippen molar-refractivity contribution in [1.82, 2.24) is 9.97 Å². The van der Waals surface area contributed by atoms with Crippen LogP contribution in [0.25, 0.3) is 21.5 Å². The van der Waals surface area contributed by atoms with Gasteiger partial charge in [0.2, 0.25) is 5.95 Å². The second-order valence-electron chi connectivity index (χ2n) is 11.9. The number of phenolic OH excluding ortho intramolecular Hbond substituents is 1. The highest BCUT2D eigenvalue weighted by molar-refractivity contribution is 7.87. The number of phenols is 1. The molecule has 6 aromatic rings. The fourth-order valence-electron chi connectivity index (χ4n) is 5.73. The van der Waals surface area contributed by atoms with E-state index in [2.05, 4.69) is 25.5 Å². The van der Waals surface area contributed by atoms with Crippen molar-refractivity contribution < 1.29 is 70.6 Å². The van der Waals surface area contributed by atoms with E-state index in [1.165, 1.54) is 24.3 Å². The third-order valence-electron chi connectivity index (χ3n) is 8.11. The lowest BCUT2D eigenvalue weighted by Gasteiger charge is -2.15. The van der Waals surface area contributed by atoms with Gasteiger partial charge in [-0.3, -0.25) is 23.0 Å². The van der Waals surface area contributed by atoms with Crippen LogP contribution in [0.15, 0.2) is 103 Å². The molecule has 0 unspecified atom stereocenters. The number of carbonyl (C=O) groups excluding carboxylic acids is 1. The molecule has 1 amide bonds. The van der Waals surface area contributed by atoms with E-state index < -0.39 is 127 Å². The van der Waals surface area contributed by atoms with Crippen LogP contribution >= 0.6 is 11.6 Å². The van der Waals surface area contributed by atoms with Crippen molar-refractivity contribution in [3.8, 4) is 5.75 Å². The smallest absolute Gasteiger partial charge is 0.311 e. The highest BCUT2D eigenvalue weighted by Gasteiger charge is 2.28. The minimum atomic E-state index is -5.45. The molecule has 6 N–H and O–H groups in total. The number of hydrogen-bond donors (Lipinski definition) is 6. The molecule has 1 heterocycles. The Morgan fingerprint density at radius 3 is 2.05 bits per heavy atom. The normalized spacial score (nSPS) is 12.7. The Morgan fingerprint density at radius 1 is 0.741 bits per heavy atom. The summed E-state index contributed by atoms with van der Waals surface area (Å²) in [6.45, 7) is 0. The number of anilines is 1. The van der Waals surface area contributed by atoms with Crippen molar-refractivity contribution >= 4 is 96.6 Å². The number of hydrogen-bond acceptors (Lipinski definition) is 14. The molecule has 0 aliphatic heterocycles. The Labute approximate surface area is 329 Å². The van der Waals surface area contributed by atoms with Crippen molar-refractivity contribution in [3.05, 3.63) is 107 Å². The monoisotopic (exact) mass is 899 g/mol. The molecule has 1 aromatic heterocycles. The number of azo groups is 1. The van der Waals surface area contributed by atoms with Crippen LogP contribution in [-0.2, 0) is 46.9 Å². The molecule has 0 bridgehead atoms. The van der Waals surface area contributed by atoms with E-state index in [9.17, 15) is 70.6 Å². The van der Waals surface area contributed by atoms with E-state index in [4.69, 9.17) is 11.6 Å². The second-order valence-corrected chi connectivity index (χ2v) is 17.8. The predicted octanol–water partition coefficient (Wildman–Crippen LogP) is 5.67. The first-order valence-corrected chi connectivity index (χ1v) is 21.5. The van der Waals surface area contributed by atoms with Gasteiger partial charge in [-0.05, 0) is 53.4 Å². The zero-order valence-corrected chi connectivity index (χ0v) is 32.1. The number of nitrogens with zero attached hydrogens (tertiary/aromatic N) is 4. The number of amides is 1. The first kappa shape index (κ1) is 42.0. The maximum Gasteiger partial charge on any atom is 0.311 e. The zero-order valence-electron chi connectivity index (χ0n) is 28.1. The van der Waals surface area contributed by atoms with Crippen molar-refractivity contribution in [2.24, 2.45) is 10.2 Å². The number of aromatic hydroxyl groups is 1. The van der Waals surface area contributed by atoms with E-state index in [0.29, 0.717) is 18.2 Å². The van der Waals surface area contributed by atoms with Gasteiger partial charge in [-0.15, -0.1) is 10.2 Å². The van der Waals surface area contributed by atoms with Gasteiger partial charge in [0.05, 0.1) is 16.3 Å². The second kappa shape index (κ2) is 14.9. The molecule has 6 rings (SSSR count). The Balaban J connectivity index is 1.52. The van der Waals surface area contributed by atoms with Crippen LogP contribution in [0.2, 0.25) is 5.02 Å². The maximum atomic E-state index is 13.9. The number of benzene rings is 5. The zero-order chi connectivity index (χ0) is 42.7. The lowest BCUT2D eigenvalue weighted by molar-refractivity contribution is 0.102. The Hall–Kier alpha value is -5.64. The van der Waals surface area contributed by atoms with Gasteiger partial charge < -0.3 is 10.4 Å². The summed E-state index contributed by atoms with van der Waals surface area (Å²) in [6, 6.07) is 11.7. The third kappa shape index (κ3) is 8.47. The van der Waals surface area contributed by atoms with Crippen LogP contribution in [0.5, 0.6) is 5.75 Å². The van der Waals surface area contributed by atoms with Gasteiger partial charge in [-0.25, -0.2) is 4.98 Å². The van der Waals surface area contributed by atoms with Gasteiger partial charge in [0.1, 0.15) is 31.1 Å². The van der Waals surface area contributed by atoms with E-state index in [0.717, 1.165) is 30.3 Å². The SMILES string of the molecule is O=C(Nc1cc(S(=O)(=O)O)cc2cc(S(=O)(=O)O)c(N=Nc3ccc4c(S(=O)(=O)O)cccc4c3S(=O)(=O)O)c(O)c12)c1cccc(Cc2nc(F)nc(F)c2Cl)c1. The van der Waals surface area contributed by atoms with Crippen molar-refractivity contribution in [1.29, 1.82) is 0 Å². The van der Waals surface area contributed by atoms with Crippen LogP contribution in [0.1, 0.15) is 21.6 Å². The molecule has 0 radical (unpaired) electrons. The van der Waals surface area contributed by atoms with Gasteiger partial charge in [0.15, 0.2) is 5.75 Å². The van der Waals surface area contributed by atoms with Gasteiger partial charge >= 0.3 is 6.08 Å². The van der Waals surface area contributed by atoms with E-state index in [-0.39, 0.29) is 23.2 Å². The van der Waals surface area contributed by atoms with Crippen LogP contribution in [0, 0.1) is 12.0 Å². The fourth-order valence-corrected chi connectivity index (χ4v) is 8.62. The molecule has 0 saturated heterocycles. The number of fused-ring (bicyclic) bond motifs is 2. The van der Waals surface area contributed by atoms with E-state index >= 15 is 0 Å². The highest BCUT2D eigenvalue weighted by Crippen LogP contribution is 2.46. The number of nitrogens with one attached hydrogen (secondary N) is 1. The fraction of sp³-hybridized carbons (Fsp3) is 0.0312. The van der Waals surface area contributed by atoms with Gasteiger partial charge in [0.25, 0.3) is 46.4 Å². The van der Waals surface area contributed by atoms with E-state index in [1.54, 1.807) is 0 Å². The molecule has 58 heavy (non-hydrogen) atoms. The van der Waals surface area contributed by atoms with Crippen LogP contribution in [0.3, 0.4) is 0 Å². The number of halogens is 3. The highest BCUT2D eigenvalue weighted by atomic mass is 35.5. The summed E-state index contributed by atoms with van der Waals surface area (Å²) in [7, 11) is -20.9. The number of rotatable bonds is 10. The molecule has 26 heteroatoms. The summed E-state index contributed by atoms with van der Waals surface area (Å²) in [5.74, 6) is -3.64. The standard InChI is InChI=1S/C32H20ClF2N5O14S4/c33-26-22(37-32(35)38-30(26)34)10-14-3-1-4-15(9-14)31(42)36-21-13-17(55(43,44)45)11-16-12-24(57(49,50)51)27(28(41)25(16)21)40-39-20-8-7-18-19(29(20)58(52,53)54)5-2-6-23(18)56(46,47)48/h1-9,11-13,41H,10H2,(H,36,42)(H,43,44,45)(H,46,47,48)(H,49,50,51)(H,52,53,54).